The van der Waals surface area contributed by atoms with Crippen molar-refractivity contribution in [2.24, 2.45) is 0 Å². The molecule has 1 fully saturated rings. The first-order chi connectivity index (χ1) is 17.2. The van der Waals surface area contributed by atoms with Crippen molar-refractivity contribution in [1.82, 2.24) is 4.90 Å². The maximum atomic E-state index is 12.9. The van der Waals surface area contributed by atoms with Crippen LogP contribution >= 0.6 is 58.2 Å². The van der Waals surface area contributed by atoms with Crippen LogP contribution in [0.4, 0.5) is 4.79 Å². The number of amides is 2. The molecule has 2 amide bonds. The standard InChI is InChI=1S/C25H15Cl4NO5S/c1-34-20-9-13(8-19(29)22(20)35-24(32)14-2-5-16(26)6-3-14)10-21-23(31)30(25(33)36-21)12-15-4-7-17(27)11-18(15)28/h2-11H,12H2,1H3/b21-10-. The molecule has 184 valence electrons. The second-order valence-electron chi connectivity index (χ2n) is 7.43. The average molecular weight is 583 g/mol. The number of imide groups is 1. The summed E-state index contributed by atoms with van der Waals surface area (Å²) < 4.78 is 10.8. The fourth-order valence-corrected chi connectivity index (χ4v) is 4.96. The molecule has 1 aliphatic heterocycles. The Morgan fingerprint density at radius 1 is 0.944 bits per heavy atom. The molecule has 0 radical (unpaired) electrons. The second-order valence-corrected chi connectivity index (χ2v) is 10.1. The summed E-state index contributed by atoms with van der Waals surface area (Å²) in [6, 6.07) is 14.0. The van der Waals surface area contributed by atoms with Crippen molar-refractivity contribution in [1.29, 1.82) is 0 Å². The maximum Gasteiger partial charge on any atom is 0.343 e. The first-order valence-electron chi connectivity index (χ1n) is 10.2. The summed E-state index contributed by atoms with van der Waals surface area (Å²) in [4.78, 5) is 39.3. The largest absolute Gasteiger partial charge is 0.493 e. The highest BCUT2D eigenvalue weighted by atomic mass is 35.5. The third-order valence-electron chi connectivity index (χ3n) is 5.04. The number of hydrogen-bond donors (Lipinski definition) is 0. The number of hydrogen-bond acceptors (Lipinski definition) is 6. The van der Waals surface area contributed by atoms with Gasteiger partial charge < -0.3 is 9.47 Å². The Hall–Kier alpha value is -2.68. The van der Waals surface area contributed by atoms with Crippen LogP contribution in [0.5, 0.6) is 11.5 Å². The molecule has 11 heteroatoms. The Labute approximate surface area is 230 Å². The quantitative estimate of drug-likeness (QED) is 0.168. The molecule has 4 rings (SSSR count). The molecule has 0 saturated carbocycles. The molecule has 0 spiro atoms. The van der Waals surface area contributed by atoms with Gasteiger partial charge in [0.25, 0.3) is 11.1 Å². The van der Waals surface area contributed by atoms with E-state index in [9.17, 15) is 14.4 Å². The van der Waals surface area contributed by atoms with E-state index in [-0.39, 0.29) is 33.5 Å². The van der Waals surface area contributed by atoms with Gasteiger partial charge in [0.1, 0.15) is 0 Å². The van der Waals surface area contributed by atoms with Gasteiger partial charge in [-0.15, -0.1) is 0 Å². The molecule has 1 heterocycles. The number of halogens is 4. The SMILES string of the molecule is COc1cc(/C=C2\SC(=O)N(Cc3ccc(Cl)cc3Cl)C2=O)cc(Cl)c1OC(=O)c1ccc(Cl)cc1. The molecule has 0 unspecified atom stereocenters. The summed E-state index contributed by atoms with van der Waals surface area (Å²) >= 11 is 25.1. The van der Waals surface area contributed by atoms with Gasteiger partial charge in [-0.1, -0.05) is 52.5 Å². The Morgan fingerprint density at radius 2 is 1.64 bits per heavy atom. The molecule has 0 N–H and O–H groups in total. The van der Waals surface area contributed by atoms with Gasteiger partial charge in [-0.2, -0.15) is 0 Å². The summed E-state index contributed by atoms with van der Waals surface area (Å²) in [5.41, 5.74) is 1.33. The first-order valence-corrected chi connectivity index (χ1v) is 12.5. The fourth-order valence-electron chi connectivity index (χ4n) is 3.27. The van der Waals surface area contributed by atoms with Crippen molar-refractivity contribution in [2.45, 2.75) is 6.54 Å². The number of thioether (sulfide) groups is 1. The molecule has 6 nitrogen and oxygen atoms in total. The Morgan fingerprint density at radius 3 is 2.31 bits per heavy atom. The van der Waals surface area contributed by atoms with Gasteiger partial charge in [-0.05, 0) is 77.5 Å². The topological polar surface area (TPSA) is 72.9 Å². The Bertz CT molecular complexity index is 1410. The van der Waals surface area contributed by atoms with E-state index in [1.165, 1.54) is 31.4 Å². The minimum Gasteiger partial charge on any atom is -0.493 e. The van der Waals surface area contributed by atoms with Crippen LogP contribution in [0.3, 0.4) is 0 Å². The van der Waals surface area contributed by atoms with Gasteiger partial charge in [0.05, 0.1) is 29.1 Å². The van der Waals surface area contributed by atoms with E-state index in [0.717, 1.165) is 16.7 Å². The number of esters is 1. The summed E-state index contributed by atoms with van der Waals surface area (Å²) in [7, 11) is 1.39. The fraction of sp³-hybridized carbons (Fsp3) is 0.0800. The Balaban J connectivity index is 1.56. The van der Waals surface area contributed by atoms with E-state index in [2.05, 4.69) is 0 Å². The molecule has 0 aromatic heterocycles. The zero-order valence-electron chi connectivity index (χ0n) is 18.4. The maximum absolute atomic E-state index is 12.9. The Kier molecular flexibility index (Phi) is 8.17. The molecular weight excluding hydrogens is 568 g/mol. The second kappa shape index (κ2) is 11.2. The molecule has 0 aliphatic carbocycles. The van der Waals surface area contributed by atoms with Gasteiger partial charge in [0, 0.05) is 15.1 Å². The van der Waals surface area contributed by atoms with Crippen LogP contribution in [0.2, 0.25) is 20.1 Å². The van der Waals surface area contributed by atoms with Crippen LogP contribution in [0.1, 0.15) is 21.5 Å². The minimum absolute atomic E-state index is 0.00166. The monoisotopic (exact) mass is 581 g/mol. The van der Waals surface area contributed by atoms with Crippen molar-refractivity contribution in [3.05, 3.63) is 96.3 Å². The molecule has 1 aliphatic rings. The number of nitrogens with zero attached hydrogens (tertiary/aromatic N) is 1. The molecule has 1 saturated heterocycles. The number of rotatable bonds is 6. The van der Waals surface area contributed by atoms with E-state index in [1.54, 1.807) is 36.4 Å². The van der Waals surface area contributed by atoms with Crippen molar-refractivity contribution in [2.75, 3.05) is 7.11 Å². The van der Waals surface area contributed by atoms with Crippen LogP contribution in [-0.2, 0) is 11.3 Å². The van der Waals surface area contributed by atoms with Gasteiger partial charge in [-0.25, -0.2) is 4.79 Å². The van der Waals surface area contributed by atoms with Crippen molar-refractivity contribution >= 4 is 81.4 Å². The van der Waals surface area contributed by atoms with Crippen molar-refractivity contribution < 1.29 is 23.9 Å². The van der Waals surface area contributed by atoms with E-state index in [4.69, 9.17) is 55.9 Å². The molecule has 3 aromatic rings. The molecule has 0 bridgehead atoms. The lowest BCUT2D eigenvalue weighted by molar-refractivity contribution is -0.123. The molecule has 36 heavy (non-hydrogen) atoms. The van der Waals surface area contributed by atoms with E-state index in [1.807, 2.05) is 0 Å². The van der Waals surface area contributed by atoms with Gasteiger partial charge in [0.2, 0.25) is 0 Å². The van der Waals surface area contributed by atoms with Gasteiger partial charge in [-0.3, -0.25) is 14.5 Å². The lowest BCUT2D eigenvalue weighted by atomic mass is 10.1. The van der Waals surface area contributed by atoms with Crippen LogP contribution in [0, 0.1) is 0 Å². The smallest absolute Gasteiger partial charge is 0.343 e. The lowest BCUT2D eigenvalue weighted by Gasteiger charge is -2.14. The molecule has 0 atom stereocenters. The van der Waals surface area contributed by atoms with Gasteiger partial charge >= 0.3 is 5.97 Å². The predicted octanol–water partition coefficient (Wildman–Crippen LogP) is 7.76. The molecular formula is C25H15Cl4NO5S. The van der Waals surface area contributed by atoms with Crippen LogP contribution in [0.25, 0.3) is 6.08 Å². The highest BCUT2D eigenvalue weighted by molar-refractivity contribution is 8.18. The zero-order chi connectivity index (χ0) is 26.0. The number of ether oxygens (including phenoxy) is 2. The van der Waals surface area contributed by atoms with Crippen LogP contribution < -0.4 is 9.47 Å². The van der Waals surface area contributed by atoms with Crippen LogP contribution in [0.15, 0.2) is 59.5 Å². The number of benzene rings is 3. The van der Waals surface area contributed by atoms with E-state index < -0.39 is 17.1 Å². The number of carbonyl (C=O) groups is 3. The molecule has 3 aromatic carbocycles. The number of carbonyl (C=O) groups excluding carboxylic acids is 3. The third kappa shape index (κ3) is 5.82. The van der Waals surface area contributed by atoms with Gasteiger partial charge in [0.15, 0.2) is 11.5 Å². The van der Waals surface area contributed by atoms with E-state index in [0.29, 0.717) is 26.2 Å². The normalized spacial score (nSPS) is 14.5. The zero-order valence-corrected chi connectivity index (χ0v) is 22.2. The third-order valence-corrected chi connectivity index (χ3v) is 7.07. The summed E-state index contributed by atoms with van der Waals surface area (Å²) in [5, 5.41) is 0.919. The summed E-state index contributed by atoms with van der Waals surface area (Å²) in [6.45, 7) is 0.00166. The highest BCUT2D eigenvalue weighted by Crippen LogP contribution is 2.40. The summed E-state index contributed by atoms with van der Waals surface area (Å²) in [6.07, 6.45) is 1.51. The highest BCUT2D eigenvalue weighted by Gasteiger charge is 2.35. The van der Waals surface area contributed by atoms with E-state index >= 15 is 0 Å². The lowest BCUT2D eigenvalue weighted by Crippen LogP contribution is -2.27. The van der Waals surface area contributed by atoms with Crippen molar-refractivity contribution in [3.63, 3.8) is 0 Å². The average Bonchev–Trinajstić information content (AvgIpc) is 3.09. The van der Waals surface area contributed by atoms with Crippen molar-refractivity contribution in [3.8, 4) is 11.5 Å². The summed E-state index contributed by atoms with van der Waals surface area (Å²) in [5.74, 6) is -0.948. The first kappa shape index (κ1) is 26.4. The van der Waals surface area contributed by atoms with Crippen LogP contribution in [-0.4, -0.2) is 29.1 Å². The predicted molar refractivity (Wildman–Crippen MR) is 142 cm³/mol. The number of methoxy groups -OCH3 is 1. The minimum atomic E-state index is -0.651.